The highest BCUT2D eigenvalue weighted by Crippen LogP contribution is 2.39. The maximum atomic E-state index is 14.0. The van der Waals surface area contributed by atoms with Gasteiger partial charge in [-0.3, -0.25) is 0 Å². The Labute approximate surface area is 168 Å². The van der Waals surface area contributed by atoms with Crippen LogP contribution in [-0.4, -0.2) is 25.7 Å². The monoisotopic (exact) mass is 412 g/mol. The molecule has 0 aliphatic carbocycles. The molecule has 0 amide bonds. The fourth-order valence-electron chi connectivity index (χ4n) is 3.38. The number of aliphatic hydroxyl groups excluding tert-OH is 1. The summed E-state index contributed by atoms with van der Waals surface area (Å²) in [5.41, 5.74) is -1.58. The van der Waals surface area contributed by atoms with Gasteiger partial charge in [-0.15, -0.1) is 0 Å². The second kappa shape index (κ2) is 7.82. The summed E-state index contributed by atoms with van der Waals surface area (Å²) in [6, 6.07) is 4.11. The molecule has 1 aromatic heterocycles. The number of halogens is 3. The molecule has 8 heteroatoms. The third kappa shape index (κ3) is 4.63. The van der Waals surface area contributed by atoms with E-state index in [-0.39, 0.29) is 29.1 Å². The van der Waals surface area contributed by atoms with Gasteiger partial charge in [0.05, 0.1) is 11.7 Å². The molecule has 0 aliphatic heterocycles. The van der Waals surface area contributed by atoms with Crippen LogP contribution >= 0.6 is 0 Å². The average molecular weight is 412 g/mol. The van der Waals surface area contributed by atoms with Gasteiger partial charge in [-0.05, 0) is 24.0 Å². The zero-order chi connectivity index (χ0) is 22.3. The zero-order valence-electron chi connectivity index (χ0n) is 17.4. The number of nitrogens with zero attached hydrogens (tertiary/aromatic N) is 2. The molecule has 160 valence electrons. The van der Waals surface area contributed by atoms with Crippen LogP contribution in [0.1, 0.15) is 79.4 Å². The Balaban J connectivity index is 2.73. The molecule has 0 aliphatic rings. The number of carboxylic acid groups (broad SMARTS) is 1. The number of aromatic nitrogens is 2. The van der Waals surface area contributed by atoms with E-state index in [1.807, 2.05) is 20.8 Å². The number of imidazole rings is 1. The van der Waals surface area contributed by atoms with Gasteiger partial charge in [0.2, 0.25) is 0 Å². The van der Waals surface area contributed by atoms with E-state index in [4.69, 9.17) is 0 Å². The van der Waals surface area contributed by atoms with Crippen LogP contribution in [0.15, 0.2) is 18.2 Å². The Bertz CT molecular complexity index is 909. The topological polar surface area (TPSA) is 75.3 Å². The fraction of sp³-hybridized carbons (Fsp3) is 0.524. The largest absolute Gasteiger partial charge is 0.476 e. The smallest absolute Gasteiger partial charge is 0.417 e. The molecule has 29 heavy (non-hydrogen) atoms. The molecule has 1 atom stereocenters. The van der Waals surface area contributed by atoms with Crippen LogP contribution in [0.4, 0.5) is 13.2 Å². The number of aliphatic hydroxyl groups is 1. The van der Waals surface area contributed by atoms with Crippen molar-refractivity contribution in [2.45, 2.75) is 65.8 Å². The number of aromatic carboxylic acids is 1. The van der Waals surface area contributed by atoms with E-state index >= 15 is 0 Å². The first kappa shape index (κ1) is 22.9. The Hall–Kier alpha value is -2.35. The van der Waals surface area contributed by atoms with Crippen molar-refractivity contribution in [3.05, 3.63) is 52.1 Å². The molecule has 0 saturated carbocycles. The van der Waals surface area contributed by atoms with E-state index in [1.54, 1.807) is 13.8 Å². The van der Waals surface area contributed by atoms with Gasteiger partial charge in [0.15, 0.2) is 5.69 Å². The van der Waals surface area contributed by atoms with E-state index in [9.17, 15) is 28.2 Å². The quantitative estimate of drug-likeness (QED) is 0.729. The Morgan fingerprint density at radius 3 is 2.24 bits per heavy atom. The number of benzene rings is 1. The van der Waals surface area contributed by atoms with Crippen molar-refractivity contribution < 1.29 is 28.2 Å². The van der Waals surface area contributed by atoms with E-state index in [0.717, 1.165) is 0 Å². The summed E-state index contributed by atoms with van der Waals surface area (Å²) in [7, 11) is 0. The summed E-state index contributed by atoms with van der Waals surface area (Å²) in [4.78, 5) is 15.7. The third-order valence-corrected chi connectivity index (χ3v) is 4.84. The predicted molar refractivity (Wildman–Crippen MR) is 103 cm³/mol. The summed E-state index contributed by atoms with van der Waals surface area (Å²) in [6.07, 6.45) is -5.94. The van der Waals surface area contributed by atoms with E-state index in [2.05, 4.69) is 4.98 Å². The number of alkyl halides is 3. The fourth-order valence-corrected chi connectivity index (χ4v) is 3.38. The minimum absolute atomic E-state index is 0.0439. The number of hydrogen-bond donors (Lipinski definition) is 2. The van der Waals surface area contributed by atoms with Crippen LogP contribution in [0, 0.1) is 12.8 Å². The average Bonchev–Trinajstić information content (AvgIpc) is 2.90. The molecule has 5 nitrogen and oxygen atoms in total. The molecule has 1 heterocycles. The summed E-state index contributed by atoms with van der Waals surface area (Å²) in [5, 5.41) is 19.8. The first-order chi connectivity index (χ1) is 13.2. The molecule has 0 saturated heterocycles. The summed E-state index contributed by atoms with van der Waals surface area (Å²) in [5.74, 6) is -1.24. The molecule has 2 rings (SSSR count). The second-order valence-electron chi connectivity index (χ2n) is 8.58. The van der Waals surface area contributed by atoms with Crippen molar-refractivity contribution in [2.24, 2.45) is 5.92 Å². The molecule has 1 aromatic carbocycles. The molecule has 0 bridgehead atoms. The number of hydrogen-bond acceptors (Lipinski definition) is 3. The van der Waals surface area contributed by atoms with E-state index in [0.29, 0.717) is 5.82 Å². The van der Waals surface area contributed by atoms with Gasteiger partial charge in [-0.25, -0.2) is 9.78 Å². The van der Waals surface area contributed by atoms with Crippen molar-refractivity contribution in [3.63, 3.8) is 0 Å². The van der Waals surface area contributed by atoms with Gasteiger partial charge in [-0.1, -0.05) is 52.8 Å². The molecule has 2 aromatic rings. The SMILES string of the molecule is Cc1c(C(=O)O)nc(C(C)(C)C)n1Cc1cccc(C(O)C(C)C)c1C(F)(F)F. The Morgan fingerprint density at radius 2 is 1.79 bits per heavy atom. The van der Waals surface area contributed by atoms with Crippen LogP contribution in [0.25, 0.3) is 0 Å². The Morgan fingerprint density at radius 1 is 1.21 bits per heavy atom. The number of carbonyl (C=O) groups is 1. The van der Waals surface area contributed by atoms with Crippen molar-refractivity contribution in [1.29, 1.82) is 0 Å². The number of carboxylic acids is 1. The summed E-state index contributed by atoms with van der Waals surface area (Å²) in [6.45, 7) is 10.1. The number of rotatable bonds is 5. The van der Waals surface area contributed by atoms with E-state index in [1.165, 1.54) is 29.7 Å². The second-order valence-corrected chi connectivity index (χ2v) is 8.58. The van der Waals surface area contributed by atoms with Crippen molar-refractivity contribution >= 4 is 5.97 Å². The van der Waals surface area contributed by atoms with Crippen LogP contribution < -0.4 is 0 Å². The maximum Gasteiger partial charge on any atom is 0.417 e. The Kier molecular flexibility index (Phi) is 6.18. The lowest BCUT2D eigenvalue weighted by Crippen LogP contribution is -2.23. The zero-order valence-corrected chi connectivity index (χ0v) is 17.4. The molecule has 2 N–H and O–H groups in total. The van der Waals surface area contributed by atoms with Crippen molar-refractivity contribution in [2.75, 3.05) is 0 Å². The van der Waals surface area contributed by atoms with Crippen molar-refractivity contribution in [3.8, 4) is 0 Å². The van der Waals surface area contributed by atoms with Gasteiger partial charge < -0.3 is 14.8 Å². The van der Waals surface area contributed by atoms with Crippen LogP contribution in [-0.2, 0) is 18.1 Å². The molecular formula is C21H27F3N2O3. The highest BCUT2D eigenvalue weighted by atomic mass is 19.4. The minimum Gasteiger partial charge on any atom is -0.476 e. The van der Waals surface area contributed by atoms with Gasteiger partial charge in [0.1, 0.15) is 5.82 Å². The van der Waals surface area contributed by atoms with Gasteiger partial charge in [0, 0.05) is 17.7 Å². The van der Waals surface area contributed by atoms with Crippen LogP contribution in [0.5, 0.6) is 0 Å². The predicted octanol–water partition coefficient (Wildman–Crippen LogP) is 4.94. The molecule has 1 unspecified atom stereocenters. The van der Waals surface area contributed by atoms with Crippen molar-refractivity contribution in [1.82, 2.24) is 9.55 Å². The molecule has 0 radical (unpaired) electrons. The van der Waals surface area contributed by atoms with Crippen LogP contribution in [0.3, 0.4) is 0 Å². The lowest BCUT2D eigenvalue weighted by Gasteiger charge is -2.25. The van der Waals surface area contributed by atoms with E-state index < -0.39 is 35.1 Å². The molecule has 0 fully saturated rings. The highest BCUT2D eigenvalue weighted by Gasteiger charge is 2.38. The van der Waals surface area contributed by atoms with Crippen LogP contribution in [0.2, 0.25) is 0 Å². The van der Waals surface area contributed by atoms with Gasteiger partial charge in [-0.2, -0.15) is 13.2 Å². The normalized spacial score (nSPS) is 13.8. The third-order valence-electron chi connectivity index (χ3n) is 4.84. The van der Waals surface area contributed by atoms with Gasteiger partial charge >= 0.3 is 12.1 Å². The minimum atomic E-state index is -4.67. The first-order valence-corrected chi connectivity index (χ1v) is 9.34. The van der Waals surface area contributed by atoms with Gasteiger partial charge in [0.25, 0.3) is 0 Å². The summed E-state index contributed by atoms with van der Waals surface area (Å²) >= 11 is 0. The lowest BCUT2D eigenvalue weighted by molar-refractivity contribution is -0.140. The summed E-state index contributed by atoms with van der Waals surface area (Å²) < 4.78 is 43.4. The highest BCUT2D eigenvalue weighted by molar-refractivity contribution is 5.86. The molecule has 0 spiro atoms. The maximum absolute atomic E-state index is 14.0. The first-order valence-electron chi connectivity index (χ1n) is 9.34. The molecular weight excluding hydrogens is 385 g/mol. The standard InChI is InChI=1S/C21H27F3N2O3/c1-11(2)17(27)14-9-7-8-13(15(14)21(22,23)24)10-26-12(3)16(18(28)29)25-19(26)20(4,5)6/h7-9,11,17,27H,10H2,1-6H3,(H,28,29). The lowest BCUT2D eigenvalue weighted by atomic mass is 9.91.